The van der Waals surface area contributed by atoms with Crippen LogP contribution in [0.2, 0.25) is 0 Å². The third kappa shape index (κ3) is 4.64. The molecule has 0 aliphatic heterocycles. The molecular weight excluding hydrogens is 312 g/mol. The van der Waals surface area contributed by atoms with Crippen LogP contribution in [0, 0.1) is 0 Å². The predicted molar refractivity (Wildman–Crippen MR) is 91.0 cm³/mol. The van der Waals surface area contributed by atoms with Crippen LogP contribution in [-0.4, -0.2) is 30.0 Å². The summed E-state index contributed by atoms with van der Waals surface area (Å²) < 4.78 is 16.1. The van der Waals surface area contributed by atoms with Crippen LogP contribution in [0.15, 0.2) is 27.4 Å². The molecule has 0 aliphatic rings. The monoisotopic (exact) mass is 336 g/mol. The van der Waals surface area contributed by atoms with Crippen LogP contribution in [-0.2, 0) is 0 Å². The van der Waals surface area contributed by atoms with Crippen molar-refractivity contribution in [2.45, 2.75) is 39.0 Å². The minimum absolute atomic E-state index is 0.0454. The first-order valence-corrected chi connectivity index (χ1v) is 8.33. The standard InChI is InChI=1S/C18H24O6/c1-2-3-4-5-10-23-17-16(20)14-12-13(22-11-6-9-19)7-8-15(14)24-18(17)21/h7-8,12,19-20H,2-6,9-11H2,1H3. The van der Waals surface area contributed by atoms with E-state index < -0.39 is 5.63 Å². The first-order chi connectivity index (χ1) is 11.7. The zero-order chi connectivity index (χ0) is 17.4. The van der Waals surface area contributed by atoms with Gasteiger partial charge in [0, 0.05) is 13.0 Å². The SMILES string of the molecule is CCCCCCOc1c(O)c2cc(OCCCO)ccc2oc1=O. The number of benzene rings is 1. The molecule has 2 N–H and O–H groups in total. The quantitative estimate of drug-likeness (QED) is 0.511. The molecule has 6 heteroatoms. The van der Waals surface area contributed by atoms with E-state index in [1.165, 1.54) is 0 Å². The Balaban J connectivity index is 2.17. The highest BCUT2D eigenvalue weighted by molar-refractivity contribution is 5.86. The largest absolute Gasteiger partial charge is 0.504 e. The fourth-order valence-corrected chi connectivity index (χ4v) is 2.32. The second-order valence-corrected chi connectivity index (χ2v) is 5.56. The Hall–Kier alpha value is -2.21. The Kier molecular flexibility index (Phi) is 6.93. The van der Waals surface area contributed by atoms with E-state index in [-0.39, 0.29) is 23.7 Å². The van der Waals surface area contributed by atoms with E-state index in [1.54, 1.807) is 18.2 Å². The fourth-order valence-electron chi connectivity index (χ4n) is 2.32. The van der Waals surface area contributed by atoms with Crippen LogP contribution in [0.4, 0.5) is 0 Å². The Morgan fingerprint density at radius 1 is 1.08 bits per heavy atom. The molecule has 2 rings (SSSR count). The lowest BCUT2D eigenvalue weighted by Crippen LogP contribution is -2.08. The van der Waals surface area contributed by atoms with Crippen molar-refractivity contribution in [1.29, 1.82) is 0 Å². The summed E-state index contributed by atoms with van der Waals surface area (Å²) in [5.41, 5.74) is -0.421. The van der Waals surface area contributed by atoms with Gasteiger partial charge in [-0.2, -0.15) is 0 Å². The average molecular weight is 336 g/mol. The smallest absolute Gasteiger partial charge is 0.383 e. The van der Waals surface area contributed by atoms with Crippen LogP contribution < -0.4 is 15.1 Å². The van der Waals surface area contributed by atoms with Crippen LogP contribution >= 0.6 is 0 Å². The van der Waals surface area contributed by atoms with E-state index >= 15 is 0 Å². The average Bonchev–Trinajstić information content (AvgIpc) is 2.58. The molecular formula is C18H24O6. The third-order valence-corrected chi connectivity index (χ3v) is 3.62. The normalized spacial score (nSPS) is 10.9. The molecule has 0 fully saturated rings. The second kappa shape index (κ2) is 9.17. The van der Waals surface area contributed by atoms with E-state index in [9.17, 15) is 9.90 Å². The first kappa shape index (κ1) is 18.1. The molecule has 2 aromatic rings. The van der Waals surface area contributed by atoms with Gasteiger partial charge in [0.05, 0.1) is 18.6 Å². The molecule has 0 radical (unpaired) electrons. The minimum Gasteiger partial charge on any atom is -0.504 e. The number of aliphatic hydroxyl groups is 1. The Morgan fingerprint density at radius 3 is 2.62 bits per heavy atom. The van der Waals surface area contributed by atoms with Gasteiger partial charge in [-0.1, -0.05) is 26.2 Å². The highest BCUT2D eigenvalue weighted by Crippen LogP contribution is 2.33. The van der Waals surface area contributed by atoms with Crippen molar-refractivity contribution in [2.75, 3.05) is 19.8 Å². The molecule has 1 aromatic carbocycles. The van der Waals surface area contributed by atoms with Crippen molar-refractivity contribution < 1.29 is 24.1 Å². The lowest BCUT2D eigenvalue weighted by Gasteiger charge is -2.10. The van der Waals surface area contributed by atoms with Gasteiger partial charge in [0.2, 0.25) is 5.75 Å². The van der Waals surface area contributed by atoms with Crippen molar-refractivity contribution in [3.63, 3.8) is 0 Å². The van der Waals surface area contributed by atoms with Gasteiger partial charge in [-0.25, -0.2) is 4.79 Å². The number of unbranched alkanes of at least 4 members (excludes halogenated alkanes) is 3. The molecule has 132 valence electrons. The number of hydrogen-bond acceptors (Lipinski definition) is 6. The number of ether oxygens (including phenoxy) is 2. The van der Waals surface area contributed by atoms with E-state index in [4.69, 9.17) is 19.0 Å². The predicted octanol–water partition coefficient (Wildman–Crippen LogP) is 3.22. The first-order valence-electron chi connectivity index (χ1n) is 8.33. The Labute approximate surface area is 140 Å². The van der Waals surface area contributed by atoms with Crippen LogP contribution in [0.25, 0.3) is 11.0 Å². The van der Waals surface area contributed by atoms with E-state index in [2.05, 4.69) is 6.92 Å². The van der Waals surface area contributed by atoms with Gasteiger partial charge in [0.1, 0.15) is 11.3 Å². The fraction of sp³-hybridized carbons (Fsp3) is 0.500. The van der Waals surface area contributed by atoms with Gasteiger partial charge < -0.3 is 24.1 Å². The van der Waals surface area contributed by atoms with Gasteiger partial charge in [-0.15, -0.1) is 0 Å². The molecule has 24 heavy (non-hydrogen) atoms. The number of hydrogen-bond donors (Lipinski definition) is 2. The van der Waals surface area contributed by atoms with E-state index in [0.717, 1.165) is 25.7 Å². The zero-order valence-electron chi connectivity index (χ0n) is 13.9. The summed E-state index contributed by atoms with van der Waals surface area (Å²) in [4.78, 5) is 12.0. The van der Waals surface area contributed by atoms with E-state index in [0.29, 0.717) is 30.8 Å². The van der Waals surface area contributed by atoms with Gasteiger partial charge in [0.15, 0.2) is 5.75 Å². The van der Waals surface area contributed by atoms with Crippen molar-refractivity contribution in [3.8, 4) is 17.2 Å². The molecule has 1 heterocycles. The summed E-state index contributed by atoms with van der Waals surface area (Å²) in [7, 11) is 0. The van der Waals surface area contributed by atoms with Crippen LogP contribution in [0.5, 0.6) is 17.2 Å². The second-order valence-electron chi connectivity index (χ2n) is 5.56. The molecule has 0 saturated heterocycles. The summed E-state index contributed by atoms with van der Waals surface area (Å²) in [5.74, 6) is 0.129. The summed E-state index contributed by atoms with van der Waals surface area (Å²) in [6.07, 6.45) is 4.56. The van der Waals surface area contributed by atoms with Gasteiger partial charge in [0.25, 0.3) is 0 Å². The molecule has 1 aromatic heterocycles. The molecule has 0 saturated carbocycles. The molecule has 0 unspecified atom stereocenters. The molecule has 0 aliphatic carbocycles. The Bertz CT molecular complexity index is 706. The lowest BCUT2D eigenvalue weighted by atomic mass is 10.2. The lowest BCUT2D eigenvalue weighted by molar-refractivity contribution is 0.233. The van der Waals surface area contributed by atoms with E-state index in [1.807, 2.05) is 0 Å². The maximum absolute atomic E-state index is 12.0. The minimum atomic E-state index is -0.690. The summed E-state index contributed by atoms with van der Waals surface area (Å²) in [6.45, 7) is 2.88. The maximum atomic E-state index is 12.0. The van der Waals surface area contributed by atoms with Crippen molar-refractivity contribution in [3.05, 3.63) is 28.6 Å². The number of aromatic hydroxyl groups is 1. The third-order valence-electron chi connectivity index (χ3n) is 3.62. The van der Waals surface area contributed by atoms with Gasteiger partial charge >= 0.3 is 5.63 Å². The zero-order valence-corrected chi connectivity index (χ0v) is 13.9. The summed E-state index contributed by atoms with van der Waals surface area (Å²) in [6, 6.07) is 4.80. The topological polar surface area (TPSA) is 89.1 Å². The molecule has 6 nitrogen and oxygen atoms in total. The van der Waals surface area contributed by atoms with Crippen molar-refractivity contribution in [1.82, 2.24) is 0 Å². The molecule has 0 atom stereocenters. The van der Waals surface area contributed by atoms with Crippen LogP contribution in [0.3, 0.4) is 0 Å². The molecule has 0 bridgehead atoms. The summed E-state index contributed by atoms with van der Waals surface area (Å²) >= 11 is 0. The van der Waals surface area contributed by atoms with Crippen LogP contribution in [0.1, 0.15) is 39.0 Å². The Morgan fingerprint density at radius 2 is 1.88 bits per heavy atom. The summed E-state index contributed by atoms with van der Waals surface area (Å²) in [5, 5.41) is 19.5. The highest BCUT2D eigenvalue weighted by atomic mass is 16.5. The van der Waals surface area contributed by atoms with Crippen molar-refractivity contribution in [2.24, 2.45) is 0 Å². The molecule has 0 spiro atoms. The number of rotatable bonds is 10. The highest BCUT2D eigenvalue weighted by Gasteiger charge is 2.16. The van der Waals surface area contributed by atoms with Crippen molar-refractivity contribution >= 4 is 11.0 Å². The van der Waals surface area contributed by atoms with Gasteiger partial charge in [-0.05, 0) is 24.6 Å². The maximum Gasteiger partial charge on any atom is 0.383 e. The van der Waals surface area contributed by atoms with Gasteiger partial charge in [-0.3, -0.25) is 0 Å². The number of aliphatic hydroxyl groups excluding tert-OH is 1. The number of fused-ring (bicyclic) bond motifs is 1. The molecule has 0 amide bonds.